The van der Waals surface area contributed by atoms with Crippen LogP contribution in [0.2, 0.25) is 0 Å². The van der Waals surface area contributed by atoms with Crippen LogP contribution in [0.3, 0.4) is 0 Å². The molecule has 0 heterocycles. The Kier molecular flexibility index (Phi) is 3.90. The monoisotopic (exact) mass is 275 g/mol. The highest BCUT2D eigenvalue weighted by Gasteiger charge is 2.16. The maximum atomic E-state index is 13.1. The Morgan fingerprint density at radius 3 is 2.67 bits per heavy atom. The summed E-state index contributed by atoms with van der Waals surface area (Å²) < 4.78 is 13.1. The van der Waals surface area contributed by atoms with Gasteiger partial charge in [-0.3, -0.25) is 14.9 Å². The van der Waals surface area contributed by atoms with Crippen molar-refractivity contribution in [2.75, 3.05) is 5.33 Å². The minimum absolute atomic E-state index is 0.151. The highest BCUT2D eigenvalue weighted by Crippen LogP contribution is 2.18. The van der Waals surface area contributed by atoms with Gasteiger partial charge in [-0.1, -0.05) is 15.9 Å². The maximum absolute atomic E-state index is 13.1. The molecule has 6 heteroatoms. The van der Waals surface area contributed by atoms with Gasteiger partial charge in [0.1, 0.15) is 0 Å². The Balaban J connectivity index is 3.01. The zero-order valence-corrected chi connectivity index (χ0v) is 9.16. The van der Waals surface area contributed by atoms with Crippen LogP contribution in [0.25, 0.3) is 0 Å². The third-order valence-corrected chi connectivity index (χ3v) is 2.18. The second-order valence-corrected chi connectivity index (χ2v) is 3.58. The lowest BCUT2D eigenvalue weighted by molar-refractivity contribution is -0.387. The van der Waals surface area contributed by atoms with Crippen LogP contribution < -0.4 is 0 Å². The van der Waals surface area contributed by atoms with Crippen molar-refractivity contribution in [3.05, 3.63) is 39.7 Å². The van der Waals surface area contributed by atoms with E-state index in [0.29, 0.717) is 5.33 Å². The lowest BCUT2D eigenvalue weighted by Gasteiger charge is -1.99. The average molecular weight is 276 g/mol. The van der Waals surface area contributed by atoms with Gasteiger partial charge in [0, 0.05) is 23.4 Å². The van der Waals surface area contributed by atoms with Crippen LogP contribution in [0.5, 0.6) is 0 Å². The summed E-state index contributed by atoms with van der Waals surface area (Å²) in [5, 5.41) is 10.8. The molecule has 15 heavy (non-hydrogen) atoms. The summed E-state index contributed by atoms with van der Waals surface area (Å²) in [5.41, 5.74) is -0.469. The number of nitrogens with zero attached hydrogens (tertiary/aromatic N) is 1. The number of nitro groups is 1. The number of carbonyl (C=O) groups is 1. The Bertz CT molecular complexity index is 408. The second-order valence-electron chi connectivity index (χ2n) is 2.79. The van der Waals surface area contributed by atoms with E-state index in [1.165, 1.54) is 6.07 Å². The topological polar surface area (TPSA) is 60.2 Å². The van der Waals surface area contributed by atoms with Gasteiger partial charge in [0.15, 0.2) is 5.78 Å². The first-order valence-electron chi connectivity index (χ1n) is 4.09. The van der Waals surface area contributed by atoms with Gasteiger partial charge in [-0.15, -0.1) is 0 Å². The molecule has 0 aromatic heterocycles. The number of halogens is 2. The van der Waals surface area contributed by atoms with E-state index in [9.17, 15) is 19.3 Å². The van der Waals surface area contributed by atoms with E-state index in [0.717, 1.165) is 12.1 Å². The van der Waals surface area contributed by atoms with Gasteiger partial charge >= 0.3 is 5.69 Å². The summed E-state index contributed by atoms with van der Waals surface area (Å²) in [6, 6.07) is 3.14. The van der Waals surface area contributed by atoms with E-state index in [-0.39, 0.29) is 17.8 Å². The molecule has 0 radical (unpaired) electrons. The Morgan fingerprint density at radius 1 is 1.53 bits per heavy atom. The molecule has 0 saturated heterocycles. The number of nitro benzene ring substituents is 1. The van der Waals surface area contributed by atoms with E-state index in [1.807, 2.05) is 0 Å². The van der Waals surface area contributed by atoms with Gasteiger partial charge in [-0.05, 0) is 12.1 Å². The van der Waals surface area contributed by atoms with Crippen molar-refractivity contribution in [1.82, 2.24) is 0 Å². The third-order valence-electron chi connectivity index (χ3n) is 1.79. The van der Waals surface area contributed by atoms with Gasteiger partial charge in [0.2, 0.25) is 5.82 Å². The predicted molar refractivity (Wildman–Crippen MR) is 55.8 cm³/mol. The van der Waals surface area contributed by atoms with Crippen LogP contribution in [0, 0.1) is 15.9 Å². The average Bonchev–Trinajstić information content (AvgIpc) is 2.17. The largest absolute Gasteiger partial charge is 0.304 e. The van der Waals surface area contributed by atoms with Crippen molar-refractivity contribution in [2.24, 2.45) is 0 Å². The SMILES string of the molecule is O=C(CCBr)c1ccc([N+](=O)[O-])c(F)c1. The molecule has 4 nitrogen and oxygen atoms in total. The summed E-state index contributed by atoms with van der Waals surface area (Å²) >= 11 is 3.08. The van der Waals surface area contributed by atoms with Gasteiger partial charge < -0.3 is 0 Å². The highest BCUT2D eigenvalue weighted by atomic mass is 79.9. The smallest absolute Gasteiger partial charge is 0.294 e. The Morgan fingerprint density at radius 2 is 2.20 bits per heavy atom. The molecule has 0 aliphatic rings. The molecule has 1 aromatic carbocycles. The molecule has 0 spiro atoms. The minimum atomic E-state index is -0.986. The van der Waals surface area contributed by atoms with Crippen LogP contribution in [0.15, 0.2) is 18.2 Å². The summed E-state index contributed by atoms with van der Waals surface area (Å²) in [6.07, 6.45) is 0.233. The zero-order chi connectivity index (χ0) is 11.4. The van der Waals surface area contributed by atoms with Crippen molar-refractivity contribution >= 4 is 27.4 Å². The van der Waals surface area contributed by atoms with Crippen LogP contribution in [0.1, 0.15) is 16.8 Å². The molecule has 0 N–H and O–H groups in total. The van der Waals surface area contributed by atoms with E-state index >= 15 is 0 Å². The van der Waals surface area contributed by atoms with Gasteiger partial charge in [0.05, 0.1) is 4.92 Å². The first kappa shape index (κ1) is 11.8. The van der Waals surface area contributed by atoms with Gasteiger partial charge in [-0.2, -0.15) is 4.39 Å². The number of alkyl halides is 1. The number of Topliss-reactive ketones (excluding diaryl/α,β-unsaturated/α-hetero) is 1. The molecular weight excluding hydrogens is 269 g/mol. The number of hydrogen-bond donors (Lipinski definition) is 0. The van der Waals surface area contributed by atoms with Gasteiger partial charge in [0.25, 0.3) is 0 Å². The Hall–Kier alpha value is -1.30. The summed E-state index contributed by atoms with van der Waals surface area (Å²) in [7, 11) is 0. The van der Waals surface area contributed by atoms with Gasteiger partial charge in [-0.25, -0.2) is 0 Å². The standard InChI is InChI=1S/C9H7BrFNO3/c10-4-3-9(13)6-1-2-8(12(14)15)7(11)5-6/h1-2,5H,3-4H2. The van der Waals surface area contributed by atoms with E-state index in [4.69, 9.17) is 0 Å². The number of hydrogen-bond acceptors (Lipinski definition) is 3. The minimum Gasteiger partial charge on any atom is -0.294 e. The molecule has 0 aliphatic heterocycles. The molecule has 0 amide bonds. The zero-order valence-electron chi connectivity index (χ0n) is 7.57. The molecule has 0 aliphatic carbocycles. The maximum Gasteiger partial charge on any atom is 0.304 e. The molecule has 1 aromatic rings. The summed E-state index contributed by atoms with van der Waals surface area (Å²) in [4.78, 5) is 20.8. The molecule has 80 valence electrons. The quantitative estimate of drug-likeness (QED) is 0.367. The molecule has 1 rings (SSSR count). The fraction of sp³-hybridized carbons (Fsp3) is 0.222. The first-order chi connectivity index (χ1) is 7.06. The molecule has 0 fully saturated rings. The van der Waals surface area contributed by atoms with Crippen LogP contribution >= 0.6 is 15.9 Å². The van der Waals surface area contributed by atoms with E-state index < -0.39 is 16.4 Å². The number of benzene rings is 1. The highest BCUT2D eigenvalue weighted by molar-refractivity contribution is 9.09. The third kappa shape index (κ3) is 2.82. The normalized spacial score (nSPS) is 10.0. The van der Waals surface area contributed by atoms with Crippen LogP contribution in [-0.4, -0.2) is 16.0 Å². The van der Waals surface area contributed by atoms with Crippen molar-refractivity contribution in [3.63, 3.8) is 0 Å². The lowest BCUT2D eigenvalue weighted by Crippen LogP contribution is -2.01. The molecule has 0 atom stereocenters. The van der Waals surface area contributed by atoms with Crippen LogP contribution in [-0.2, 0) is 0 Å². The van der Waals surface area contributed by atoms with E-state index in [2.05, 4.69) is 15.9 Å². The number of carbonyl (C=O) groups excluding carboxylic acids is 1. The number of rotatable bonds is 4. The second kappa shape index (κ2) is 4.97. The van der Waals surface area contributed by atoms with Crippen LogP contribution in [0.4, 0.5) is 10.1 Å². The lowest BCUT2D eigenvalue weighted by atomic mass is 10.1. The summed E-state index contributed by atoms with van der Waals surface area (Å²) in [6.45, 7) is 0. The van der Waals surface area contributed by atoms with Crippen molar-refractivity contribution in [1.29, 1.82) is 0 Å². The fourth-order valence-electron chi connectivity index (χ4n) is 1.06. The first-order valence-corrected chi connectivity index (χ1v) is 5.21. The molecule has 0 unspecified atom stereocenters. The van der Waals surface area contributed by atoms with E-state index in [1.54, 1.807) is 0 Å². The Labute approximate surface area is 93.4 Å². The molecular formula is C9H7BrFNO3. The molecule has 0 bridgehead atoms. The fourth-order valence-corrected chi connectivity index (χ4v) is 1.42. The van der Waals surface area contributed by atoms with Crippen molar-refractivity contribution < 1.29 is 14.1 Å². The number of ketones is 1. The van der Waals surface area contributed by atoms with Crippen molar-refractivity contribution in [2.45, 2.75) is 6.42 Å². The molecule has 0 saturated carbocycles. The predicted octanol–water partition coefficient (Wildman–Crippen LogP) is 2.70. The summed E-state index contributed by atoms with van der Waals surface area (Å²) in [5.74, 6) is -1.24. The van der Waals surface area contributed by atoms with Crippen molar-refractivity contribution in [3.8, 4) is 0 Å².